The summed E-state index contributed by atoms with van der Waals surface area (Å²) in [5, 5.41) is 2.36. The molecule has 0 aromatic rings. The van der Waals surface area contributed by atoms with E-state index in [1.165, 1.54) is 4.90 Å². The van der Waals surface area contributed by atoms with Crippen LogP contribution < -0.4 is 5.32 Å². The third kappa shape index (κ3) is 14.9. The van der Waals surface area contributed by atoms with Gasteiger partial charge in [-0.2, -0.15) is 0 Å². The number of hydrogen-bond acceptors (Lipinski definition) is 4. The predicted molar refractivity (Wildman–Crippen MR) is 106 cm³/mol. The third-order valence-corrected chi connectivity index (χ3v) is 2.78. The van der Waals surface area contributed by atoms with Gasteiger partial charge in [-0.3, -0.25) is 4.79 Å². The molecular formula is C19H36N2O4. The Morgan fingerprint density at radius 2 is 1.92 bits per heavy atom. The SMILES string of the molecule is C.C=C/C=C(\C=C)COC(=O)NCC(=O)N(CC=O)CCCC.CC.[HH]. The molecule has 0 aliphatic rings. The minimum Gasteiger partial charge on any atom is -0.445 e. The van der Waals surface area contributed by atoms with Crippen molar-refractivity contribution in [3.8, 4) is 0 Å². The number of ether oxygens (including phenoxy) is 1. The lowest BCUT2D eigenvalue weighted by Gasteiger charge is -2.20. The topological polar surface area (TPSA) is 75.7 Å². The second-order valence-electron chi connectivity index (χ2n) is 4.47. The van der Waals surface area contributed by atoms with Crippen LogP contribution in [0.15, 0.2) is 37.0 Å². The van der Waals surface area contributed by atoms with Crippen molar-refractivity contribution < 1.29 is 20.5 Å². The highest BCUT2D eigenvalue weighted by Crippen LogP contribution is 1.98. The molecule has 0 spiro atoms. The fraction of sp³-hybridized carbons (Fsp3) is 0.526. The van der Waals surface area contributed by atoms with E-state index < -0.39 is 6.09 Å². The summed E-state index contributed by atoms with van der Waals surface area (Å²) in [6.45, 7) is 13.5. The maximum absolute atomic E-state index is 11.9. The first-order valence-electron chi connectivity index (χ1n) is 8.15. The van der Waals surface area contributed by atoms with E-state index in [0.29, 0.717) is 18.4 Å². The summed E-state index contributed by atoms with van der Waals surface area (Å²) in [6, 6.07) is 0. The van der Waals surface area contributed by atoms with E-state index in [-0.39, 0.29) is 34.5 Å². The zero-order valence-corrected chi connectivity index (χ0v) is 15.0. The lowest BCUT2D eigenvalue weighted by atomic mass is 10.2. The summed E-state index contributed by atoms with van der Waals surface area (Å²) >= 11 is 0. The van der Waals surface area contributed by atoms with Crippen molar-refractivity contribution in [1.29, 1.82) is 0 Å². The number of carbonyl (C=O) groups is 3. The van der Waals surface area contributed by atoms with Crippen LogP contribution in [0.2, 0.25) is 0 Å². The Morgan fingerprint density at radius 3 is 2.40 bits per heavy atom. The predicted octanol–water partition coefficient (Wildman–Crippen LogP) is 3.75. The third-order valence-electron chi connectivity index (χ3n) is 2.78. The molecule has 0 radical (unpaired) electrons. The van der Waals surface area contributed by atoms with Crippen LogP contribution in [-0.2, 0) is 14.3 Å². The van der Waals surface area contributed by atoms with Gasteiger partial charge in [0.1, 0.15) is 19.4 Å². The number of unbranched alkanes of at least 4 members (excludes halogenated alkanes) is 1. The molecular weight excluding hydrogens is 320 g/mol. The van der Waals surface area contributed by atoms with Crippen LogP contribution in [-0.4, -0.2) is 49.4 Å². The highest BCUT2D eigenvalue weighted by atomic mass is 16.5. The lowest BCUT2D eigenvalue weighted by molar-refractivity contribution is -0.132. The van der Waals surface area contributed by atoms with Crippen molar-refractivity contribution in [2.45, 2.75) is 41.0 Å². The Labute approximate surface area is 154 Å². The van der Waals surface area contributed by atoms with Crippen LogP contribution in [0, 0.1) is 0 Å². The van der Waals surface area contributed by atoms with Crippen molar-refractivity contribution in [3.05, 3.63) is 37.0 Å². The normalized spacial score (nSPS) is 9.48. The zero-order chi connectivity index (χ0) is 18.8. The van der Waals surface area contributed by atoms with Gasteiger partial charge < -0.3 is 19.7 Å². The maximum Gasteiger partial charge on any atom is 0.407 e. The number of allylic oxidation sites excluding steroid dienone is 2. The summed E-state index contributed by atoms with van der Waals surface area (Å²) < 4.78 is 4.94. The zero-order valence-electron chi connectivity index (χ0n) is 15.0. The molecule has 0 atom stereocenters. The largest absolute Gasteiger partial charge is 0.445 e. The molecule has 0 aromatic heterocycles. The Hall–Kier alpha value is -2.37. The second-order valence-corrected chi connectivity index (χ2v) is 4.47. The molecule has 0 rings (SSSR count). The van der Waals surface area contributed by atoms with E-state index >= 15 is 0 Å². The average molecular weight is 357 g/mol. The van der Waals surface area contributed by atoms with E-state index in [1.807, 2.05) is 20.8 Å². The lowest BCUT2D eigenvalue weighted by Crippen LogP contribution is -2.41. The molecule has 6 nitrogen and oxygen atoms in total. The van der Waals surface area contributed by atoms with Gasteiger partial charge in [0.25, 0.3) is 0 Å². The summed E-state index contributed by atoms with van der Waals surface area (Å²) in [5.74, 6) is -0.317. The summed E-state index contributed by atoms with van der Waals surface area (Å²) in [6.07, 6.45) is 6.47. The van der Waals surface area contributed by atoms with E-state index in [1.54, 1.807) is 18.2 Å². The Bertz CT molecular complexity index is 437. The number of aldehydes is 1. The van der Waals surface area contributed by atoms with Crippen LogP contribution in [0.1, 0.15) is 42.5 Å². The molecule has 0 aromatic carbocycles. The van der Waals surface area contributed by atoms with Crippen LogP contribution in [0.3, 0.4) is 0 Å². The van der Waals surface area contributed by atoms with Gasteiger partial charge in [-0.25, -0.2) is 4.79 Å². The summed E-state index contributed by atoms with van der Waals surface area (Å²) in [5.41, 5.74) is 0.696. The standard InChI is InChI=1S/C16H24N2O4.C2H6.CH4.H2/c1-4-7-9-18(10-11-19)15(20)12-17-16(21)22-13-14(6-3)8-5-2;1-2;;/h5-6,8,11H,2-4,7,9-10,12-13H2,1H3,(H,17,21);1-2H3;1H4;1H/b14-8+;;;. The van der Waals surface area contributed by atoms with Crippen LogP contribution in [0.4, 0.5) is 4.79 Å². The first-order valence-corrected chi connectivity index (χ1v) is 8.15. The van der Waals surface area contributed by atoms with Crippen molar-refractivity contribution in [3.63, 3.8) is 0 Å². The molecule has 146 valence electrons. The molecule has 25 heavy (non-hydrogen) atoms. The van der Waals surface area contributed by atoms with Crippen molar-refractivity contribution >= 4 is 18.3 Å². The first kappa shape index (κ1) is 27.5. The maximum atomic E-state index is 11.9. The number of carbonyl (C=O) groups excluding carboxylic acids is 3. The van der Waals surface area contributed by atoms with Crippen molar-refractivity contribution in [2.75, 3.05) is 26.2 Å². The summed E-state index contributed by atoms with van der Waals surface area (Å²) in [7, 11) is 0. The number of amides is 2. The van der Waals surface area contributed by atoms with Crippen LogP contribution >= 0.6 is 0 Å². The molecule has 2 amide bonds. The molecule has 0 saturated carbocycles. The Kier molecular flexibility index (Phi) is 21.6. The van der Waals surface area contributed by atoms with E-state index in [9.17, 15) is 14.4 Å². The van der Waals surface area contributed by atoms with Gasteiger partial charge in [0, 0.05) is 7.97 Å². The van der Waals surface area contributed by atoms with Gasteiger partial charge in [0.2, 0.25) is 5.91 Å². The highest BCUT2D eigenvalue weighted by Gasteiger charge is 2.14. The Morgan fingerprint density at radius 1 is 1.28 bits per heavy atom. The molecule has 1 N–H and O–H groups in total. The average Bonchev–Trinajstić information content (AvgIpc) is 2.61. The smallest absolute Gasteiger partial charge is 0.407 e. The molecule has 0 bridgehead atoms. The molecule has 0 heterocycles. The minimum absolute atomic E-state index is 0. The van der Waals surface area contributed by atoms with Crippen molar-refractivity contribution in [1.82, 2.24) is 10.2 Å². The fourth-order valence-electron chi connectivity index (χ4n) is 1.54. The second kappa shape index (κ2) is 19.7. The quantitative estimate of drug-likeness (QED) is 0.452. The van der Waals surface area contributed by atoms with Gasteiger partial charge in [-0.05, 0) is 12.0 Å². The summed E-state index contributed by atoms with van der Waals surface area (Å²) in [4.78, 5) is 35.4. The number of rotatable bonds is 11. The van der Waals surface area contributed by atoms with Gasteiger partial charge in [-0.15, -0.1) is 0 Å². The van der Waals surface area contributed by atoms with Crippen molar-refractivity contribution in [2.24, 2.45) is 0 Å². The van der Waals surface area contributed by atoms with Gasteiger partial charge in [0.05, 0.1) is 6.54 Å². The molecule has 0 saturated heterocycles. The highest BCUT2D eigenvalue weighted by molar-refractivity contribution is 5.83. The van der Waals surface area contributed by atoms with E-state index in [4.69, 9.17) is 4.74 Å². The number of nitrogens with one attached hydrogen (secondary N) is 1. The Balaban J connectivity index is -0.000000582. The number of alkyl carbamates (subject to hydrolysis) is 1. The van der Waals surface area contributed by atoms with Crippen LogP contribution in [0.25, 0.3) is 0 Å². The molecule has 0 aliphatic heterocycles. The molecule has 0 aliphatic carbocycles. The first-order chi connectivity index (χ1) is 11.6. The van der Waals surface area contributed by atoms with Crippen LogP contribution in [0.5, 0.6) is 0 Å². The fourth-order valence-corrected chi connectivity index (χ4v) is 1.54. The van der Waals surface area contributed by atoms with E-state index in [0.717, 1.165) is 12.8 Å². The number of nitrogens with zero attached hydrogens (tertiary/aromatic N) is 1. The minimum atomic E-state index is -0.702. The van der Waals surface area contributed by atoms with Gasteiger partial charge in [0.15, 0.2) is 0 Å². The monoisotopic (exact) mass is 356 g/mol. The molecule has 0 fully saturated rings. The van der Waals surface area contributed by atoms with Gasteiger partial charge >= 0.3 is 6.09 Å². The number of hydrogen-bond donors (Lipinski definition) is 1. The molecule has 6 heteroatoms. The van der Waals surface area contributed by atoms with Gasteiger partial charge in [-0.1, -0.05) is 66.0 Å². The molecule has 0 unspecified atom stereocenters. The van der Waals surface area contributed by atoms with E-state index in [2.05, 4.69) is 18.5 Å².